The second-order valence-corrected chi connectivity index (χ2v) is 5.98. The van der Waals surface area contributed by atoms with Gasteiger partial charge in [-0.3, -0.25) is 25.2 Å². The summed E-state index contributed by atoms with van der Waals surface area (Å²) in [5.41, 5.74) is 4.75. The number of carbonyl (C=O) groups excluding carboxylic acids is 3. The van der Waals surface area contributed by atoms with Crippen LogP contribution in [0.1, 0.15) is 41.8 Å². The van der Waals surface area contributed by atoms with Crippen molar-refractivity contribution in [2.75, 3.05) is 6.54 Å². The van der Waals surface area contributed by atoms with E-state index in [0.29, 0.717) is 4.88 Å². The first-order valence-corrected chi connectivity index (χ1v) is 7.95. The number of hydrogen-bond donors (Lipinski definition) is 3. The number of thiophene rings is 1. The Labute approximate surface area is 127 Å². The molecule has 0 aromatic carbocycles. The van der Waals surface area contributed by atoms with Gasteiger partial charge in [0.05, 0.1) is 11.4 Å². The highest BCUT2D eigenvalue weighted by molar-refractivity contribution is 7.12. The molecule has 1 aromatic heterocycles. The lowest BCUT2D eigenvalue weighted by atomic mass is 9.89. The van der Waals surface area contributed by atoms with Crippen LogP contribution in [-0.4, -0.2) is 24.3 Å². The molecule has 114 valence electrons. The average molecular weight is 309 g/mol. The normalized spacial score (nSPS) is 15.2. The molecule has 2 rings (SSSR count). The Balaban J connectivity index is 1.65. The van der Waals surface area contributed by atoms with Gasteiger partial charge in [-0.05, 0) is 24.3 Å². The molecule has 1 heterocycles. The largest absolute Gasteiger partial charge is 0.342 e. The van der Waals surface area contributed by atoms with Crippen LogP contribution < -0.4 is 16.2 Å². The van der Waals surface area contributed by atoms with Crippen molar-refractivity contribution in [1.29, 1.82) is 0 Å². The van der Waals surface area contributed by atoms with Crippen LogP contribution in [0.25, 0.3) is 0 Å². The topological polar surface area (TPSA) is 87.3 Å². The van der Waals surface area contributed by atoms with Crippen molar-refractivity contribution >= 4 is 29.1 Å². The van der Waals surface area contributed by atoms with Gasteiger partial charge in [0.25, 0.3) is 11.8 Å². The predicted octanol–water partition coefficient (Wildman–Crippen LogP) is 1.21. The molecule has 1 fully saturated rings. The van der Waals surface area contributed by atoms with Gasteiger partial charge in [0.2, 0.25) is 5.91 Å². The summed E-state index contributed by atoms with van der Waals surface area (Å²) in [6, 6.07) is 3.45. The van der Waals surface area contributed by atoms with E-state index in [1.165, 1.54) is 17.8 Å². The van der Waals surface area contributed by atoms with Crippen LogP contribution in [0.3, 0.4) is 0 Å². The van der Waals surface area contributed by atoms with Crippen molar-refractivity contribution in [3.63, 3.8) is 0 Å². The van der Waals surface area contributed by atoms with Crippen LogP contribution in [0.5, 0.6) is 0 Å². The summed E-state index contributed by atoms with van der Waals surface area (Å²) in [6.45, 7) is -0.165. The quantitative estimate of drug-likeness (QED) is 0.731. The highest BCUT2D eigenvalue weighted by Crippen LogP contribution is 2.23. The number of hydrazine groups is 1. The van der Waals surface area contributed by atoms with Crippen LogP contribution in [0.2, 0.25) is 0 Å². The van der Waals surface area contributed by atoms with Gasteiger partial charge in [-0.15, -0.1) is 11.3 Å². The van der Waals surface area contributed by atoms with E-state index in [0.717, 1.165) is 25.7 Å². The van der Waals surface area contributed by atoms with E-state index in [1.54, 1.807) is 17.5 Å². The van der Waals surface area contributed by atoms with Crippen molar-refractivity contribution in [3.8, 4) is 0 Å². The van der Waals surface area contributed by atoms with Crippen LogP contribution >= 0.6 is 11.3 Å². The third-order valence-electron chi connectivity index (χ3n) is 3.46. The maximum atomic E-state index is 11.8. The number of rotatable bonds is 4. The van der Waals surface area contributed by atoms with Crippen LogP contribution in [-0.2, 0) is 9.59 Å². The second-order valence-electron chi connectivity index (χ2n) is 5.03. The molecule has 6 nitrogen and oxygen atoms in total. The minimum Gasteiger partial charge on any atom is -0.342 e. The lowest BCUT2D eigenvalue weighted by Gasteiger charge is -2.20. The molecule has 1 aromatic rings. The third-order valence-corrected chi connectivity index (χ3v) is 4.32. The maximum Gasteiger partial charge on any atom is 0.261 e. The summed E-state index contributed by atoms with van der Waals surface area (Å²) in [7, 11) is 0. The van der Waals surface area contributed by atoms with Gasteiger partial charge >= 0.3 is 0 Å². The molecular weight excluding hydrogens is 290 g/mol. The van der Waals surface area contributed by atoms with Gasteiger partial charge in [0.15, 0.2) is 0 Å². The minimum absolute atomic E-state index is 0.0141. The molecular formula is C14H19N3O3S. The lowest BCUT2D eigenvalue weighted by Crippen LogP contribution is -2.48. The van der Waals surface area contributed by atoms with Crippen molar-refractivity contribution in [3.05, 3.63) is 22.4 Å². The van der Waals surface area contributed by atoms with Gasteiger partial charge < -0.3 is 5.32 Å². The molecule has 3 amide bonds. The zero-order valence-electron chi connectivity index (χ0n) is 11.7. The molecule has 0 aliphatic heterocycles. The summed E-state index contributed by atoms with van der Waals surface area (Å²) in [5.74, 6) is -0.893. The van der Waals surface area contributed by atoms with Crippen molar-refractivity contribution < 1.29 is 14.4 Å². The minimum atomic E-state index is -0.441. The van der Waals surface area contributed by atoms with E-state index in [1.807, 2.05) is 0 Å². The van der Waals surface area contributed by atoms with Gasteiger partial charge in [-0.1, -0.05) is 25.3 Å². The molecule has 0 radical (unpaired) electrons. The van der Waals surface area contributed by atoms with Crippen LogP contribution in [0.4, 0.5) is 0 Å². The fraction of sp³-hybridized carbons (Fsp3) is 0.500. The zero-order valence-corrected chi connectivity index (χ0v) is 12.5. The van der Waals surface area contributed by atoms with Gasteiger partial charge in [0, 0.05) is 5.92 Å². The molecule has 3 N–H and O–H groups in total. The Kier molecular flexibility index (Phi) is 5.74. The Morgan fingerprint density at radius 3 is 2.57 bits per heavy atom. The third kappa shape index (κ3) is 4.86. The first kappa shape index (κ1) is 15.5. The van der Waals surface area contributed by atoms with Gasteiger partial charge in [-0.25, -0.2) is 0 Å². The predicted molar refractivity (Wildman–Crippen MR) is 79.5 cm³/mol. The van der Waals surface area contributed by atoms with Gasteiger partial charge in [0.1, 0.15) is 0 Å². The highest BCUT2D eigenvalue weighted by atomic mass is 32.1. The van der Waals surface area contributed by atoms with E-state index in [9.17, 15) is 14.4 Å². The Hall–Kier alpha value is -1.89. The second kappa shape index (κ2) is 7.78. The van der Waals surface area contributed by atoms with Crippen LogP contribution in [0, 0.1) is 5.92 Å². The summed E-state index contributed by atoms with van der Waals surface area (Å²) >= 11 is 1.31. The van der Waals surface area contributed by atoms with Crippen molar-refractivity contribution in [1.82, 2.24) is 16.2 Å². The molecule has 0 atom stereocenters. The zero-order chi connectivity index (χ0) is 15.1. The molecule has 7 heteroatoms. The van der Waals surface area contributed by atoms with E-state index >= 15 is 0 Å². The van der Waals surface area contributed by atoms with Gasteiger partial charge in [-0.2, -0.15) is 0 Å². The van der Waals surface area contributed by atoms with Crippen LogP contribution in [0.15, 0.2) is 17.5 Å². The summed E-state index contributed by atoms with van der Waals surface area (Å²) in [5, 5.41) is 4.29. The lowest BCUT2D eigenvalue weighted by molar-refractivity contribution is -0.131. The standard InChI is InChI=1S/C14H19N3O3S/c18-12(9-15-14(20)11-7-4-8-21-11)16-17-13(19)10-5-2-1-3-6-10/h4,7-8,10H,1-3,5-6,9H2,(H,15,20)(H,16,18)(H,17,19). The molecule has 1 aliphatic rings. The number of carbonyl (C=O) groups is 3. The first-order chi connectivity index (χ1) is 10.2. The molecule has 1 saturated carbocycles. The van der Waals surface area contributed by atoms with E-state index < -0.39 is 5.91 Å². The average Bonchev–Trinajstić information content (AvgIpc) is 3.05. The highest BCUT2D eigenvalue weighted by Gasteiger charge is 2.21. The number of hydrogen-bond acceptors (Lipinski definition) is 4. The fourth-order valence-corrected chi connectivity index (χ4v) is 2.94. The van der Waals surface area contributed by atoms with Crippen molar-refractivity contribution in [2.24, 2.45) is 5.92 Å². The summed E-state index contributed by atoms with van der Waals surface area (Å²) in [6.07, 6.45) is 5.03. The van der Waals surface area contributed by atoms with E-state index in [2.05, 4.69) is 16.2 Å². The Morgan fingerprint density at radius 1 is 1.14 bits per heavy atom. The number of amides is 3. The van der Waals surface area contributed by atoms with Crippen molar-refractivity contribution in [2.45, 2.75) is 32.1 Å². The summed E-state index contributed by atoms with van der Waals surface area (Å²) in [4.78, 5) is 35.6. The maximum absolute atomic E-state index is 11.8. The van der Waals surface area contributed by atoms with E-state index in [4.69, 9.17) is 0 Å². The number of nitrogens with one attached hydrogen (secondary N) is 3. The molecule has 0 unspecified atom stereocenters. The smallest absolute Gasteiger partial charge is 0.261 e. The molecule has 0 bridgehead atoms. The summed E-state index contributed by atoms with van der Waals surface area (Å²) < 4.78 is 0. The molecule has 21 heavy (non-hydrogen) atoms. The Bertz CT molecular complexity index is 496. The molecule has 1 aliphatic carbocycles. The Morgan fingerprint density at radius 2 is 1.90 bits per heavy atom. The molecule has 0 saturated heterocycles. The molecule has 0 spiro atoms. The van der Waals surface area contributed by atoms with E-state index in [-0.39, 0.29) is 24.3 Å². The fourth-order valence-electron chi connectivity index (χ4n) is 2.30. The first-order valence-electron chi connectivity index (χ1n) is 7.07. The SMILES string of the molecule is O=C(CNC(=O)c1cccs1)NNC(=O)C1CCCCC1. The monoisotopic (exact) mass is 309 g/mol.